The molecule has 0 amide bonds. The van der Waals surface area contributed by atoms with Gasteiger partial charge in [-0.1, -0.05) is 30.2 Å². The molecule has 0 aromatic carbocycles. The molecule has 0 fully saturated rings. The van der Waals surface area contributed by atoms with Crippen LogP contribution in [-0.4, -0.2) is 0 Å². The summed E-state index contributed by atoms with van der Waals surface area (Å²) < 4.78 is 0. The third kappa shape index (κ3) is 3.47. The van der Waals surface area contributed by atoms with Crippen molar-refractivity contribution in [3.8, 4) is 12.3 Å². The molecule has 0 atom stereocenters. The summed E-state index contributed by atoms with van der Waals surface area (Å²) in [6.45, 7) is 5.95. The highest BCUT2D eigenvalue weighted by atomic mass is 13.9. The monoisotopic (exact) mass is 146 g/mol. The van der Waals surface area contributed by atoms with E-state index in [2.05, 4.69) is 5.92 Å². The van der Waals surface area contributed by atoms with Crippen molar-refractivity contribution in [1.82, 2.24) is 0 Å². The lowest BCUT2D eigenvalue weighted by Crippen LogP contribution is -1.77. The van der Waals surface area contributed by atoms with Gasteiger partial charge in [-0.15, -0.1) is 6.42 Å². The van der Waals surface area contributed by atoms with Gasteiger partial charge in [0, 0.05) is 5.57 Å². The molecule has 0 unspecified atom stereocenters. The topological polar surface area (TPSA) is 0 Å². The van der Waals surface area contributed by atoms with Crippen molar-refractivity contribution >= 4 is 0 Å². The van der Waals surface area contributed by atoms with E-state index in [1.807, 2.05) is 45.1 Å². The van der Waals surface area contributed by atoms with Crippen LogP contribution in [0.4, 0.5) is 0 Å². The molecule has 0 aliphatic rings. The first-order chi connectivity index (χ1) is 5.26. The maximum absolute atomic E-state index is 5.30. The van der Waals surface area contributed by atoms with Gasteiger partial charge in [0.15, 0.2) is 0 Å². The van der Waals surface area contributed by atoms with Gasteiger partial charge in [0.1, 0.15) is 0 Å². The molecule has 0 radical (unpaired) electrons. The van der Waals surface area contributed by atoms with Crippen LogP contribution in [0.25, 0.3) is 0 Å². The molecule has 0 nitrogen and oxygen atoms in total. The lowest BCUT2D eigenvalue weighted by molar-refractivity contribution is 1.45. The molecule has 0 spiro atoms. The molecule has 0 aromatic rings. The zero-order valence-electron chi connectivity index (χ0n) is 7.39. The molecule has 0 bridgehead atoms. The normalized spacial score (nSPS) is 13.6. The van der Waals surface area contributed by atoms with Crippen molar-refractivity contribution in [2.45, 2.75) is 20.8 Å². The maximum atomic E-state index is 5.30. The summed E-state index contributed by atoms with van der Waals surface area (Å²) in [5.74, 6) is 2.63. The van der Waals surface area contributed by atoms with Gasteiger partial charge in [-0.2, -0.15) is 0 Å². The Balaban J connectivity index is 4.71. The highest BCUT2D eigenvalue weighted by Gasteiger charge is 1.88. The highest BCUT2D eigenvalue weighted by Crippen LogP contribution is 2.05. The average molecular weight is 146 g/mol. The Kier molecular flexibility index (Phi) is 4.94. The van der Waals surface area contributed by atoms with Crippen molar-refractivity contribution in [2.24, 2.45) is 0 Å². The molecule has 0 aliphatic carbocycles. The second-order valence-corrected chi connectivity index (χ2v) is 2.24. The average Bonchev–Trinajstić information content (AvgIpc) is 2.00. The van der Waals surface area contributed by atoms with E-state index < -0.39 is 0 Å². The minimum absolute atomic E-state index is 0.950. The Bertz CT molecular complexity index is 231. The van der Waals surface area contributed by atoms with E-state index in [0.29, 0.717) is 0 Å². The van der Waals surface area contributed by atoms with Crippen molar-refractivity contribution in [3.63, 3.8) is 0 Å². The van der Waals surface area contributed by atoms with E-state index in [9.17, 15) is 0 Å². The first kappa shape index (κ1) is 9.78. The van der Waals surface area contributed by atoms with Crippen LogP contribution in [0.3, 0.4) is 0 Å². The summed E-state index contributed by atoms with van der Waals surface area (Å²) in [5.41, 5.74) is 2.08. The molecule has 0 saturated carbocycles. The number of rotatable bonds is 2. The number of hydrogen-bond donors (Lipinski definition) is 0. The van der Waals surface area contributed by atoms with Crippen molar-refractivity contribution in [2.75, 3.05) is 0 Å². The Morgan fingerprint density at radius 1 is 1.18 bits per heavy atom. The smallest absolute Gasteiger partial charge is 0.0268 e. The van der Waals surface area contributed by atoms with E-state index in [1.54, 1.807) is 0 Å². The van der Waals surface area contributed by atoms with Crippen LogP contribution in [0.15, 0.2) is 35.5 Å². The number of allylic oxidation sites excluding steroid dienone is 6. The summed E-state index contributed by atoms with van der Waals surface area (Å²) in [4.78, 5) is 0. The summed E-state index contributed by atoms with van der Waals surface area (Å²) in [5, 5.41) is 0. The van der Waals surface area contributed by atoms with Gasteiger partial charge in [0.2, 0.25) is 0 Å². The van der Waals surface area contributed by atoms with Gasteiger partial charge in [-0.05, 0) is 26.3 Å². The van der Waals surface area contributed by atoms with E-state index >= 15 is 0 Å². The standard InChI is InChI=1S/C11H14/c1-5-8-10(4)11(7-3)9-6-2/h3,5-6,8-9H,1-2,4H3. The second-order valence-electron chi connectivity index (χ2n) is 2.24. The van der Waals surface area contributed by atoms with Crippen molar-refractivity contribution in [3.05, 3.63) is 35.5 Å². The molecule has 58 valence electrons. The number of hydrogen-bond acceptors (Lipinski definition) is 0. The van der Waals surface area contributed by atoms with E-state index in [1.165, 1.54) is 0 Å². The fraction of sp³-hybridized carbons (Fsp3) is 0.273. The van der Waals surface area contributed by atoms with E-state index in [0.717, 1.165) is 11.1 Å². The largest absolute Gasteiger partial charge is 0.115 e. The van der Waals surface area contributed by atoms with Gasteiger partial charge in [-0.25, -0.2) is 0 Å². The predicted octanol–water partition coefficient (Wildman–Crippen LogP) is 3.09. The zero-order chi connectivity index (χ0) is 8.69. The Labute approximate surface area is 69.3 Å². The quantitative estimate of drug-likeness (QED) is 0.415. The fourth-order valence-electron chi connectivity index (χ4n) is 0.800. The van der Waals surface area contributed by atoms with Crippen LogP contribution in [0.5, 0.6) is 0 Å². The molecular formula is C11H14. The Hall–Kier alpha value is -1.22. The highest BCUT2D eigenvalue weighted by molar-refractivity contribution is 5.43. The van der Waals surface area contributed by atoms with Crippen molar-refractivity contribution < 1.29 is 0 Å². The first-order valence-corrected chi connectivity index (χ1v) is 3.69. The van der Waals surface area contributed by atoms with Gasteiger partial charge < -0.3 is 0 Å². The molecular weight excluding hydrogens is 132 g/mol. The van der Waals surface area contributed by atoms with E-state index in [-0.39, 0.29) is 0 Å². The lowest BCUT2D eigenvalue weighted by Gasteiger charge is -1.94. The predicted molar refractivity (Wildman–Crippen MR) is 51.2 cm³/mol. The third-order valence-corrected chi connectivity index (χ3v) is 1.33. The molecule has 0 aromatic heterocycles. The molecule has 0 saturated heterocycles. The molecule has 0 heterocycles. The van der Waals surface area contributed by atoms with Crippen LogP contribution in [0.1, 0.15) is 20.8 Å². The fourth-order valence-corrected chi connectivity index (χ4v) is 0.800. The zero-order valence-corrected chi connectivity index (χ0v) is 7.39. The molecule has 0 N–H and O–H groups in total. The SMILES string of the molecule is C#CC(C=CC)=C(C)C=CC. The van der Waals surface area contributed by atoms with Crippen LogP contribution >= 0.6 is 0 Å². The summed E-state index contributed by atoms with van der Waals surface area (Å²) in [7, 11) is 0. The molecule has 11 heavy (non-hydrogen) atoms. The second kappa shape index (κ2) is 5.56. The first-order valence-electron chi connectivity index (χ1n) is 3.69. The van der Waals surface area contributed by atoms with Gasteiger partial charge >= 0.3 is 0 Å². The molecule has 0 aliphatic heterocycles. The van der Waals surface area contributed by atoms with Gasteiger partial charge in [-0.3, -0.25) is 0 Å². The summed E-state index contributed by atoms with van der Waals surface area (Å²) >= 11 is 0. The molecule has 0 heteroatoms. The van der Waals surface area contributed by atoms with Crippen molar-refractivity contribution in [1.29, 1.82) is 0 Å². The minimum Gasteiger partial charge on any atom is -0.115 e. The van der Waals surface area contributed by atoms with E-state index in [4.69, 9.17) is 6.42 Å². The van der Waals surface area contributed by atoms with Gasteiger partial charge in [0.05, 0.1) is 0 Å². The number of terminal acetylenes is 1. The summed E-state index contributed by atoms with van der Waals surface area (Å²) in [6.07, 6.45) is 13.2. The summed E-state index contributed by atoms with van der Waals surface area (Å²) in [6, 6.07) is 0. The lowest BCUT2D eigenvalue weighted by atomic mass is 10.1. The van der Waals surface area contributed by atoms with Crippen LogP contribution in [0.2, 0.25) is 0 Å². The third-order valence-electron chi connectivity index (χ3n) is 1.33. The molecule has 0 rings (SSSR count). The minimum atomic E-state index is 0.950. The Morgan fingerprint density at radius 3 is 2.09 bits per heavy atom. The maximum Gasteiger partial charge on any atom is 0.0268 e. The van der Waals surface area contributed by atoms with Gasteiger partial charge in [0.25, 0.3) is 0 Å². The van der Waals surface area contributed by atoms with Crippen LogP contribution < -0.4 is 0 Å². The Morgan fingerprint density at radius 2 is 1.73 bits per heavy atom. The van der Waals surface area contributed by atoms with Crippen LogP contribution in [-0.2, 0) is 0 Å². The van der Waals surface area contributed by atoms with Crippen LogP contribution in [0, 0.1) is 12.3 Å².